The summed E-state index contributed by atoms with van der Waals surface area (Å²) >= 11 is 0. The molecule has 1 saturated heterocycles. The van der Waals surface area contributed by atoms with E-state index >= 15 is 0 Å². The van der Waals surface area contributed by atoms with Crippen molar-refractivity contribution in [2.45, 2.75) is 80.6 Å². The third-order valence-corrected chi connectivity index (χ3v) is 6.83. The second-order valence-corrected chi connectivity index (χ2v) is 11.3. The summed E-state index contributed by atoms with van der Waals surface area (Å²) in [7, 11) is 0. The average molecular weight is 439 g/mol. The number of unbranched alkanes of at least 4 members (excludes halogenated alkanes) is 1. The van der Waals surface area contributed by atoms with Crippen molar-refractivity contribution >= 4 is 0 Å². The highest BCUT2D eigenvalue weighted by atomic mass is 15.3. The first-order valence-corrected chi connectivity index (χ1v) is 13.7. The average Bonchev–Trinajstić information content (AvgIpc) is 2.70. The van der Waals surface area contributed by atoms with Gasteiger partial charge in [-0.2, -0.15) is 0 Å². The molecule has 0 bridgehead atoms. The van der Waals surface area contributed by atoms with Gasteiger partial charge in [-0.05, 0) is 69.6 Å². The fourth-order valence-corrected chi connectivity index (χ4v) is 4.18. The molecule has 186 valence electrons. The lowest BCUT2D eigenvalue weighted by atomic mass is 10.1. The zero-order valence-electron chi connectivity index (χ0n) is 22.5. The van der Waals surface area contributed by atoms with Crippen LogP contribution in [0.4, 0.5) is 0 Å². The maximum absolute atomic E-state index is 2.77. The van der Waals surface area contributed by atoms with Gasteiger partial charge in [0.15, 0.2) is 0 Å². The number of hydrogen-bond donors (Lipinski definition) is 0. The molecule has 0 aromatic rings. The minimum atomic E-state index is 0.794. The van der Waals surface area contributed by atoms with Crippen LogP contribution in [0, 0.1) is 17.8 Å². The summed E-state index contributed by atoms with van der Waals surface area (Å²) < 4.78 is 0. The van der Waals surface area contributed by atoms with Gasteiger partial charge in [0.2, 0.25) is 0 Å². The zero-order chi connectivity index (χ0) is 23.1. The van der Waals surface area contributed by atoms with Crippen LogP contribution >= 0.6 is 0 Å². The quantitative estimate of drug-likeness (QED) is 0.418. The molecule has 0 spiro atoms. The van der Waals surface area contributed by atoms with Crippen molar-refractivity contribution in [3.8, 4) is 0 Å². The van der Waals surface area contributed by atoms with Gasteiger partial charge in [0, 0.05) is 52.4 Å². The normalized spacial score (nSPS) is 19.9. The Bertz CT molecular complexity index is 382. The molecule has 0 aromatic carbocycles. The third-order valence-electron chi connectivity index (χ3n) is 6.83. The summed E-state index contributed by atoms with van der Waals surface area (Å²) in [5.74, 6) is 2.39. The van der Waals surface area contributed by atoms with Crippen LogP contribution < -0.4 is 0 Å². The topological polar surface area (TPSA) is 13.0 Å². The lowest BCUT2D eigenvalue weighted by molar-refractivity contribution is 0.125. The Kier molecular flexibility index (Phi) is 16.1. The summed E-state index contributed by atoms with van der Waals surface area (Å²) in [6.45, 7) is 31.5. The molecule has 0 aliphatic carbocycles. The van der Waals surface area contributed by atoms with Crippen LogP contribution in [0.25, 0.3) is 0 Å². The van der Waals surface area contributed by atoms with Gasteiger partial charge in [0.25, 0.3) is 0 Å². The van der Waals surface area contributed by atoms with Crippen molar-refractivity contribution < 1.29 is 0 Å². The highest BCUT2D eigenvalue weighted by molar-refractivity contribution is 4.73. The molecule has 0 atom stereocenters. The molecule has 0 unspecified atom stereocenters. The van der Waals surface area contributed by atoms with E-state index in [4.69, 9.17) is 0 Å². The molecule has 0 aromatic heterocycles. The largest absolute Gasteiger partial charge is 0.301 e. The van der Waals surface area contributed by atoms with Gasteiger partial charge < -0.3 is 19.6 Å². The van der Waals surface area contributed by atoms with Crippen molar-refractivity contribution in [2.75, 3.05) is 78.5 Å². The van der Waals surface area contributed by atoms with Crippen LogP contribution in [0.15, 0.2) is 0 Å². The molecule has 0 saturated carbocycles. The van der Waals surface area contributed by atoms with Crippen LogP contribution in [-0.2, 0) is 0 Å². The maximum Gasteiger partial charge on any atom is 0.0110 e. The predicted molar refractivity (Wildman–Crippen MR) is 139 cm³/mol. The minimum absolute atomic E-state index is 0.794. The third kappa shape index (κ3) is 15.3. The van der Waals surface area contributed by atoms with Gasteiger partial charge in [0.05, 0.1) is 0 Å². The molecular weight excluding hydrogens is 380 g/mol. The Morgan fingerprint density at radius 3 is 0.935 bits per heavy atom. The summed E-state index contributed by atoms with van der Waals surface area (Å²) in [6, 6.07) is 0. The molecule has 31 heavy (non-hydrogen) atoms. The number of hydrogen-bond acceptors (Lipinski definition) is 4. The second-order valence-electron chi connectivity index (χ2n) is 11.3. The molecular formula is C27H58N4. The highest BCUT2D eigenvalue weighted by Gasteiger charge is 2.17. The van der Waals surface area contributed by atoms with E-state index in [2.05, 4.69) is 68.1 Å². The molecule has 1 aliphatic rings. The van der Waals surface area contributed by atoms with Crippen LogP contribution in [0.2, 0.25) is 0 Å². The number of nitrogens with zero attached hydrogens (tertiary/aromatic N) is 4. The van der Waals surface area contributed by atoms with E-state index in [1.54, 1.807) is 0 Å². The van der Waals surface area contributed by atoms with Crippen molar-refractivity contribution in [2.24, 2.45) is 17.8 Å². The summed E-state index contributed by atoms with van der Waals surface area (Å²) in [6.07, 6.45) is 6.60. The van der Waals surface area contributed by atoms with Crippen LogP contribution in [0.3, 0.4) is 0 Å². The Labute approximate surface area is 196 Å². The lowest BCUT2D eigenvalue weighted by Gasteiger charge is -2.35. The van der Waals surface area contributed by atoms with Gasteiger partial charge in [-0.15, -0.1) is 0 Å². The Morgan fingerprint density at radius 1 is 0.452 bits per heavy atom. The fraction of sp³-hybridized carbons (Fsp3) is 1.00. The zero-order valence-corrected chi connectivity index (χ0v) is 22.5. The maximum atomic E-state index is 2.77. The van der Waals surface area contributed by atoms with Gasteiger partial charge in [0.1, 0.15) is 0 Å². The Balaban J connectivity index is 2.81. The van der Waals surface area contributed by atoms with E-state index in [0.29, 0.717) is 0 Å². The molecule has 0 radical (unpaired) electrons. The van der Waals surface area contributed by atoms with E-state index in [9.17, 15) is 0 Å². The highest BCUT2D eigenvalue weighted by Crippen LogP contribution is 2.09. The SMILES string of the molecule is CCCCN1CCN(CCC(C)C)CCN(CCC(C)C)CCN(CCC(C)C)CC1. The molecule has 0 amide bonds. The van der Waals surface area contributed by atoms with Crippen LogP contribution in [-0.4, -0.2) is 98.1 Å². The van der Waals surface area contributed by atoms with Crippen molar-refractivity contribution in [3.63, 3.8) is 0 Å². The van der Waals surface area contributed by atoms with E-state index in [1.165, 1.54) is 111 Å². The first-order chi connectivity index (χ1) is 14.8. The van der Waals surface area contributed by atoms with Gasteiger partial charge in [-0.3, -0.25) is 0 Å². The standard InChI is InChI=1S/C27H58N4/c1-8-9-13-28-17-19-29(14-10-25(2)3)21-23-31(16-12-27(6)7)24-22-30(20-18-28)15-11-26(4)5/h25-27H,8-24H2,1-7H3. The van der Waals surface area contributed by atoms with E-state index in [-0.39, 0.29) is 0 Å². The Morgan fingerprint density at radius 2 is 0.710 bits per heavy atom. The minimum Gasteiger partial charge on any atom is -0.301 e. The molecule has 0 N–H and O–H groups in total. The van der Waals surface area contributed by atoms with Gasteiger partial charge >= 0.3 is 0 Å². The molecule has 1 fully saturated rings. The summed E-state index contributed by atoms with van der Waals surface area (Å²) in [4.78, 5) is 11.0. The molecule has 1 heterocycles. The first kappa shape index (κ1) is 28.9. The smallest absolute Gasteiger partial charge is 0.0110 e. The summed E-state index contributed by atoms with van der Waals surface area (Å²) in [5, 5.41) is 0. The van der Waals surface area contributed by atoms with Crippen molar-refractivity contribution in [1.29, 1.82) is 0 Å². The molecule has 1 aliphatic heterocycles. The van der Waals surface area contributed by atoms with Crippen LogP contribution in [0.1, 0.15) is 80.6 Å². The molecule has 4 nitrogen and oxygen atoms in total. The van der Waals surface area contributed by atoms with Crippen molar-refractivity contribution in [1.82, 2.24) is 19.6 Å². The fourth-order valence-electron chi connectivity index (χ4n) is 4.18. The van der Waals surface area contributed by atoms with E-state index in [0.717, 1.165) is 17.8 Å². The molecule has 1 rings (SSSR count). The first-order valence-electron chi connectivity index (χ1n) is 13.7. The second kappa shape index (κ2) is 17.3. The van der Waals surface area contributed by atoms with E-state index in [1.807, 2.05) is 0 Å². The predicted octanol–water partition coefficient (Wildman–Crippen LogP) is 5.15. The van der Waals surface area contributed by atoms with Gasteiger partial charge in [-0.1, -0.05) is 54.9 Å². The Hall–Kier alpha value is -0.160. The van der Waals surface area contributed by atoms with Gasteiger partial charge in [-0.25, -0.2) is 0 Å². The van der Waals surface area contributed by atoms with E-state index < -0.39 is 0 Å². The lowest BCUT2D eigenvalue weighted by Crippen LogP contribution is -2.46. The number of rotatable bonds is 12. The molecule has 4 heteroatoms. The van der Waals surface area contributed by atoms with Crippen LogP contribution in [0.5, 0.6) is 0 Å². The summed E-state index contributed by atoms with van der Waals surface area (Å²) in [5.41, 5.74) is 0. The van der Waals surface area contributed by atoms with Crippen molar-refractivity contribution in [3.05, 3.63) is 0 Å². The monoisotopic (exact) mass is 438 g/mol.